The van der Waals surface area contributed by atoms with Crippen LogP contribution in [-0.4, -0.2) is 25.0 Å². The highest BCUT2D eigenvalue weighted by atomic mass is 16.5. The SMILES string of the molecule is COC(=O)c1cccc(NC(=O)C2CCCCC2N)c1C. The Hall–Kier alpha value is -1.88. The number of rotatable bonds is 3. The minimum Gasteiger partial charge on any atom is -0.465 e. The van der Waals surface area contributed by atoms with Crippen molar-refractivity contribution in [2.24, 2.45) is 11.7 Å². The number of nitrogens with two attached hydrogens (primary N) is 1. The summed E-state index contributed by atoms with van der Waals surface area (Å²) in [5.74, 6) is -0.620. The number of nitrogens with one attached hydrogen (secondary N) is 1. The van der Waals surface area contributed by atoms with Gasteiger partial charge in [-0.15, -0.1) is 0 Å². The largest absolute Gasteiger partial charge is 0.465 e. The Kier molecular flexibility index (Phi) is 4.96. The molecule has 1 saturated carbocycles. The standard InChI is InChI=1S/C16H22N2O3/c1-10-11(16(20)21-2)7-5-9-14(10)18-15(19)12-6-3-4-8-13(12)17/h5,7,9,12-13H,3-4,6,8,17H2,1-2H3,(H,18,19). The molecule has 0 radical (unpaired) electrons. The second-order valence-electron chi connectivity index (χ2n) is 5.51. The molecule has 5 nitrogen and oxygen atoms in total. The highest BCUT2D eigenvalue weighted by molar-refractivity contribution is 5.97. The van der Waals surface area contributed by atoms with E-state index in [0.717, 1.165) is 25.7 Å². The van der Waals surface area contributed by atoms with E-state index in [-0.39, 0.29) is 17.9 Å². The van der Waals surface area contributed by atoms with E-state index in [0.29, 0.717) is 16.8 Å². The second-order valence-corrected chi connectivity index (χ2v) is 5.51. The number of hydrogen-bond acceptors (Lipinski definition) is 4. The average molecular weight is 290 g/mol. The third-order valence-corrected chi connectivity index (χ3v) is 4.15. The maximum Gasteiger partial charge on any atom is 0.338 e. The fourth-order valence-electron chi connectivity index (χ4n) is 2.81. The number of benzene rings is 1. The van der Waals surface area contributed by atoms with Gasteiger partial charge in [0.15, 0.2) is 0 Å². The first-order valence-corrected chi connectivity index (χ1v) is 7.29. The van der Waals surface area contributed by atoms with Gasteiger partial charge in [-0.1, -0.05) is 18.9 Å². The summed E-state index contributed by atoms with van der Waals surface area (Å²) >= 11 is 0. The molecule has 3 N–H and O–H groups in total. The zero-order chi connectivity index (χ0) is 15.4. The molecule has 0 aliphatic heterocycles. The van der Waals surface area contributed by atoms with E-state index < -0.39 is 5.97 Å². The predicted octanol–water partition coefficient (Wildman–Crippen LogP) is 2.24. The quantitative estimate of drug-likeness (QED) is 0.836. The maximum atomic E-state index is 12.4. The third-order valence-electron chi connectivity index (χ3n) is 4.15. The molecule has 0 saturated heterocycles. The van der Waals surface area contributed by atoms with Crippen molar-refractivity contribution >= 4 is 17.6 Å². The van der Waals surface area contributed by atoms with E-state index in [2.05, 4.69) is 5.32 Å². The van der Waals surface area contributed by atoms with Crippen molar-refractivity contribution in [2.75, 3.05) is 12.4 Å². The first-order chi connectivity index (χ1) is 10.0. The highest BCUT2D eigenvalue weighted by Gasteiger charge is 2.28. The summed E-state index contributed by atoms with van der Waals surface area (Å²) < 4.78 is 4.74. The van der Waals surface area contributed by atoms with Crippen molar-refractivity contribution in [3.8, 4) is 0 Å². The third kappa shape index (κ3) is 3.42. The zero-order valence-corrected chi connectivity index (χ0v) is 12.5. The lowest BCUT2D eigenvalue weighted by Gasteiger charge is -2.27. The number of anilines is 1. The molecule has 2 unspecified atom stereocenters. The Balaban J connectivity index is 2.16. The molecule has 114 valence electrons. The second kappa shape index (κ2) is 6.72. The lowest BCUT2D eigenvalue weighted by Crippen LogP contribution is -2.40. The van der Waals surface area contributed by atoms with Gasteiger partial charge in [0.25, 0.3) is 0 Å². The van der Waals surface area contributed by atoms with Crippen LogP contribution in [0.2, 0.25) is 0 Å². The molecule has 5 heteroatoms. The first kappa shape index (κ1) is 15.5. The molecular formula is C16H22N2O3. The van der Waals surface area contributed by atoms with Gasteiger partial charge in [-0.3, -0.25) is 4.79 Å². The lowest BCUT2D eigenvalue weighted by atomic mass is 9.84. The molecule has 0 aromatic heterocycles. The molecule has 1 aromatic carbocycles. The van der Waals surface area contributed by atoms with Gasteiger partial charge in [-0.05, 0) is 37.5 Å². The summed E-state index contributed by atoms with van der Waals surface area (Å²) in [5.41, 5.74) is 7.85. The van der Waals surface area contributed by atoms with Gasteiger partial charge in [-0.25, -0.2) is 4.79 Å². The monoisotopic (exact) mass is 290 g/mol. The maximum absolute atomic E-state index is 12.4. The smallest absolute Gasteiger partial charge is 0.338 e. The van der Waals surface area contributed by atoms with Crippen LogP contribution in [0.5, 0.6) is 0 Å². The Morgan fingerprint density at radius 1 is 1.29 bits per heavy atom. The van der Waals surface area contributed by atoms with Gasteiger partial charge in [-0.2, -0.15) is 0 Å². The van der Waals surface area contributed by atoms with Crippen molar-refractivity contribution in [2.45, 2.75) is 38.6 Å². The highest BCUT2D eigenvalue weighted by Crippen LogP contribution is 2.26. The summed E-state index contributed by atoms with van der Waals surface area (Å²) in [4.78, 5) is 24.0. The molecule has 1 aliphatic rings. The van der Waals surface area contributed by atoms with E-state index in [1.807, 2.05) is 0 Å². The van der Waals surface area contributed by atoms with Crippen molar-refractivity contribution in [1.82, 2.24) is 0 Å². The van der Waals surface area contributed by atoms with E-state index in [9.17, 15) is 9.59 Å². The molecule has 1 aliphatic carbocycles. The predicted molar refractivity (Wildman–Crippen MR) is 81.1 cm³/mol. The first-order valence-electron chi connectivity index (χ1n) is 7.29. The number of methoxy groups -OCH3 is 1. The van der Waals surface area contributed by atoms with Crippen LogP contribution in [-0.2, 0) is 9.53 Å². The van der Waals surface area contributed by atoms with Gasteiger partial charge >= 0.3 is 5.97 Å². The number of ether oxygens (including phenoxy) is 1. The fraction of sp³-hybridized carbons (Fsp3) is 0.500. The van der Waals surface area contributed by atoms with Crippen molar-refractivity contribution in [3.05, 3.63) is 29.3 Å². The van der Waals surface area contributed by atoms with Crippen LogP contribution >= 0.6 is 0 Å². The van der Waals surface area contributed by atoms with E-state index in [4.69, 9.17) is 10.5 Å². The number of carbonyl (C=O) groups excluding carboxylic acids is 2. The molecule has 0 spiro atoms. The molecular weight excluding hydrogens is 268 g/mol. The van der Waals surface area contributed by atoms with Crippen molar-refractivity contribution in [3.63, 3.8) is 0 Å². The van der Waals surface area contributed by atoms with Crippen LogP contribution < -0.4 is 11.1 Å². The average Bonchev–Trinajstić information content (AvgIpc) is 2.49. The Morgan fingerprint density at radius 2 is 2.00 bits per heavy atom. The number of esters is 1. The zero-order valence-electron chi connectivity index (χ0n) is 12.5. The van der Waals surface area contributed by atoms with E-state index in [1.165, 1.54) is 7.11 Å². The van der Waals surface area contributed by atoms with Crippen LogP contribution in [0, 0.1) is 12.8 Å². The lowest BCUT2D eigenvalue weighted by molar-refractivity contribution is -0.121. The van der Waals surface area contributed by atoms with Crippen LogP contribution in [0.1, 0.15) is 41.6 Å². The topological polar surface area (TPSA) is 81.4 Å². The van der Waals surface area contributed by atoms with Crippen molar-refractivity contribution in [1.29, 1.82) is 0 Å². The number of carbonyl (C=O) groups is 2. The van der Waals surface area contributed by atoms with Crippen LogP contribution in [0.15, 0.2) is 18.2 Å². The van der Waals surface area contributed by atoms with Gasteiger partial charge in [0.2, 0.25) is 5.91 Å². The number of amides is 1. The summed E-state index contributed by atoms with van der Waals surface area (Å²) in [6.07, 6.45) is 3.83. The normalized spacial score (nSPS) is 21.7. The molecule has 1 aromatic rings. The Bertz CT molecular complexity index is 542. The van der Waals surface area contributed by atoms with E-state index in [1.54, 1.807) is 25.1 Å². The van der Waals surface area contributed by atoms with Crippen LogP contribution in [0.3, 0.4) is 0 Å². The van der Waals surface area contributed by atoms with Crippen molar-refractivity contribution < 1.29 is 14.3 Å². The summed E-state index contributed by atoms with van der Waals surface area (Å²) in [7, 11) is 1.34. The summed E-state index contributed by atoms with van der Waals surface area (Å²) in [6.45, 7) is 1.79. The molecule has 0 bridgehead atoms. The minimum atomic E-state index is -0.405. The number of hydrogen-bond donors (Lipinski definition) is 2. The van der Waals surface area contributed by atoms with Gasteiger partial charge < -0.3 is 15.8 Å². The molecule has 1 fully saturated rings. The van der Waals surface area contributed by atoms with Crippen LogP contribution in [0.4, 0.5) is 5.69 Å². The fourth-order valence-corrected chi connectivity index (χ4v) is 2.81. The van der Waals surface area contributed by atoms with Gasteiger partial charge in [0.1, 0.15) is 0 Å². The summed E-state index contributed by atoms with van der Waals surface area (Å²) in [5, 5.41) is 2.90. The van der Waals surface area contributed by atoms with E-state index >= 15 is 0 Å². The molecule has 2 rings (SSSR count). The minimum absolute atomic E-state index is 0.0627. The Labute approximate surface area is 124 Å². The molecule has 1 amide bonds. The molecule has 21 heavy (non-hydrogen) atoms. The van der Waals surface area contributed by atoms with Crippen LogP contribution in [0.25, 0.3) is 0 Å². The Morgan fingerprint density at radius 3 is 2.67 bits per heavy atom. The molecule has 2 atom stereocenters. The van der Waals surface area contributed by atoms with Gasteiger partial charge in [0, 0.05) is 11.7 Å². The van der Waals surface area contributed by atoms with Gasteiger partial charge in [0.05, 0.1) is 18.6 Å². The molecule has 0 heterocycles. The summed E-state index contributed by atoms with van der Waals surface area (Å²) in [6, 6.07) is 5.12.